The Morgan fingerprint density at radius 2 is 1.86 bits per heavy atom. The highest BCUT2D eigenvalue weighted by Crippen LogP contribution is 2.21. The molecule has 0 unspecified atom stereocenters. The first-order chi connectivity index (χ1) is 3.43. The topological polar surface area (TPSA) is 23.9 Å². The van der Waals surface area contributed by atoms with E-state index in [0.717, 1.165) is 0 Å². The third kappa shape index (κ3) is 1.02. The lowest BCUT2D eigenvalue weighted by Gasteiger charge is -1.93. The van der Waals surface area contributed by atoms with Crippen molar-refractivity contribution in [3.05, 3.63) is 0 Å². The Kier molecular flexibility index (Phi) is 1.45. The first-order valence-corrected chi connectivity index (χ1v) is 2.94. The minimum Gasteiger partial charge on any atom is -0.313 e. The third-order valence-corrected chi connectivity index (χ3v) is 1.64. The van der Waals surface area contributed by atoms with E-state index in [9.17, 15) is 0 Å². The van der Waals surface area contributed by atoms with Gasteiger partial charge in [-0.3, -0.25) is 0 Å². The van der Waals surface area contributed by atoms with Crippen LogP contribution in [0.3, 0.4) is 0 Å². The summed E-state index contributed by atoms with van der Waals surface area (Å²) in [6.07, 6.45) is 6.82. The molecule has 0 aromatic rings. The van der Waals surface area contributed by atoms with Gasteiger partial charge in [0.15, 0.2) is 0 Å². The van der Waals surface area contributed by atoms with Gasteiger partial charge in [-0.2, -0.15) is 0 Å². The Labute approximate surface area is 44.2 Å². The molecule has 1 fully saturated rings. The van der Waals surface area contributed by atoms with E-state index < -0.39 is 0 Å². The van der Waals surface area contributed by atoms with Crippen molar-refractivity contribution in [2.75, 3.05) is 0 Å². The molecule has 40 valence electrons. The van der Waals surface area contributed by atoms with Gasteiger partial charge in [0, 0.05) is 0 Å². The van der Waals surface area contributed by atoms with E-state index in [4.69, 9.17) is 5.41 Å². The molecule has 0 amide bonds. The average Bonchev–Trinajstić information content (AvgIpc) is 2.14. The molecule has 1 aliphatic rings. The van der Waals surface area contributed by atoms with Gasteiger partial charge in [0.2, 0.25) is 0 Å². The van der Waals surface area contributed by atoms with Crippen LogP contribution in [0.5, 0.6) is 0 Å². The molecule has 0 radical (unpaired) electrons. The molecule has 0 spiro atoms. The van der Waals surface area contributed by atoms with Crippen molar-refractivity contribution < 1.29 is 0 Å². The predicted molar refractivity (Wildman–Crippen MR) is 30.7 cm³/mol. The van der Waals surface area contributed by atoms with Gasteiger partial charge < -0.3 is 5.41 Å². The number of nitrogens with one attached hydrogen (secondary N) is 1. The van der Waals surface area contributed by atoms with Crippen molar-refractivity contribution >= 4 is 6.21 Å². The summed E-state index contributed by atoms with van der Waals surface area (Å²) in [4.78, 5) is 0. The summed E-state index contributed by atoms with van der Waals surface area (Å²) in [5.74, 6) is 0.639. The number of rotatable bonds is 1. The quantitative estimate of drug-likeness (QED) is 0.483. The van der Waals surface area contributed by atoms with Gasteiger partial charge in [-0.05, 0) is 25.0 Å². The van der Waals surface area contributed by atoms with Crippen LogP contribution in [-0.2, 0) is 0 Å². The molecular formula is C6H11N. The molecule has 1 heteroatoms. The van der Waals surface area contributed by atoms with Crippen molar-refractivity contribution in [3.8, 4) is 0 Å². The highest BCUT2D eigenvalue weighted by molar-refractivity contribution is 5.56. The number of hydrogen-bond donors (Lipinski definition) is 1. The maximum atomic E-state index is 6.87. The van der Waals surface area contributed by atoms with E-state index in [1.807, 2.05) is 0 Å². The molecular weight excluding hydrogens is 86.1 g/mol. The van der Waals surface area contributed by atoms with Crippen molar-refractivity contribution in [1.29, 1.82) is 5.41 Å². The first kappa shape index (κ1) is 4.82. The molecule has 1 nitrogen and oxygen atoms in total. The summed E-state index contributed by atoms with van der Waals surface area (Å²) < 4.78 is 0. The summed E-state index contributed by atoms with van der Waals surface area (Å²) in [6.45, 7) is 0. The molecule has 1 rings (SSSR count). The zero-order chi connectivity index (χ0) is 5.11. The monoisotopic (exact) mass is 97.1 g/mol. The van der Waals surface area contributed by atoms with Gasteiger partial charge >= 0.3 is 0 Å². The molecule has 0 heterocycles. The summed E-state index contributed by atoms with van der Waals surface area (Å²) in [7, 11) is 0. The fourth-order valence-electron chi connectivity index (χ4n) is 1.12. The van der Waals surface area contributed by atoms with Gasteiger partial charge in [0.1, 0.15) is 0 Å². The van der Waals surface area contributed by atoms with Crippen LogP contribution in [0.1, 0.15) is 25.7 Å². The van der Waals surface area contributed by atoms with Crippen LogP contribution in [0.25, 0.3) is 0 Å². The molecule has 0 aromatic heterocycles. The zero-order valence-electron chi connectivity index (χ0n) is 4.48. The molecule has 0 aromatic carbocycles. The SMILES string of the molecule is N=CC1CCCC1. The lowest BCUT2D eigenvalue weighted by atomic mass is 10.1. The maximum Gasteiger partial charge on any atom is -0.00167 e. The van der Waals surface area contributed by atoms with Crippen LogP contribution < -0.4 is 0 Å². The van der Waals surface area contributed by atoms with Crippen LogP contribution in [0.4, 0.5) is 0 Å². The molecule has 0 saturated heterocycles. The second-order valence-corrected chi connectivity index (χ2v) is 2.21. The van der Waals surface area contributed by atoms with Gasteiger partial charge in [0.25, 0.3) is 0 Å². The van der Waals surface area contributed by atoms with E-state index in [1.54, 1.807) is 6.21 Å². The Balaban J connectivity index is 2.26. The fourth-order valence-corrected chi connectivity index (χ4v) is 1.12. The Morgan fingerprint density at radius 1 is 1.29 bits per heavy atom. The van der Waals surface area contributed by atoms with Crippen LogP contribution in [0.2, 0.25) is 0 Å². The molecule has 0 aliphatic heterocycles. The predicted octanol–water partition coefficient (Wildman–Crippen LogP) is 1.83. The summed E-state index contributed by atoms with van der Waals surface area (Å²) >= 11 is 0. The highest BCUT2D eigenvalue weighted by atomic mass is 14.4. The van der Waals surface area contributed by atoms with Crippen molar-refractivity contribution in [1.82, 2.24) is 0 Å². The normalized spacial score (nSPS) is 22.9. The molecule has 7 heavy (non-hydrogen) atoms. The van der Waals surface area contributed by atoms with E-state index >= 15 is 0 Å². The molecule has 0 atom stereocenters. The van der Waals surface area contributed by atoms with Crippen LogP contribution in [-0.4, -0.2) is 6.21 Å². The van der Waals surface area contributed by atoms with Crippen molar-refractivity contribution in [2.45, 2.75) is 25.7 Å². The van der Waals surface area contributed by atoms with E-state index in [2.05, 4.69) is 0 Å². The first-order valence-electron chi connectivity index (χ1n) is 2.94. The van der Waals surface area contributed by atoms with Crippen LogP contribution in [0.15, 0.2) is 0 Å². The third-order valence-electron chi connectivity index (χ3n) is 1.64. The second-order valence-electron chi connectivity index (χ2n) is 2.21. The van der Waals surface area contributed by atoms with Crippen molar-refractivity contribution in [2.24, 2.45) is 5.92 Å². The van der Waals surface area contributed by atoms with E-state index in [-0.39, 0.29) is 0 Å². The average molecular weight is 97.2 g/mol. The Morgan fingerprint density at radius 3 is 2.14 bits per heavy atom. The molecule has 1 N–H and O–H groups in total. The Bertz CT molecular complexity index is 62.6. The summed E-state index contributed by atoms with van der Waals surface area (Å²) in [6, 6.07) is 0. The van der Waals surface area contributed by atoms with E-state index in [0.29, 0.717) is 5.92 Å². The maximum absolute atomic E-state index is 6.87. The minimum absolute atomic E-state index is 0.639. The smallest absolute Gasteiger partial charge is 0.00167 e. The van der Waals surface area contributed by atoms with Crippen LogP contribution in [0, 0.1) is 11.3 Å². The fraction of sp³-hybridized carbons (Fsp3) is 0.833. The van der Waals surface area contributed by atoms with Gasteiger partial charge in [-0.15, -0.1) is 0 Å². The molecule has 0 bridgehead atoms. The summed E-state index contributed by atoms with van der Waals surface area (Å²) in [5.41, 5.74) is 0. The largest absolute Gasteiger partial charge is 0.313 e. The standard InChI is InChI=1S/C6H11N/c7-5-6-3-1-2-4-6/h5-7H,1-4H2. The lowest BCUT2D eigenvalue weighted by Crippen LogP contribution is -1.90. The minimum atomic E-state index is 0.639. The van der Waals surface area contributed by atoms with Gasteiger partial charge in [-0.1, -0.05) is 12.8 Å². The zero-order valence-corrected chi connectivity index (χ0v) is 4.48. The van der Waals surface area contributed by atoms with Crippen molar-refractivity contribution in [3.63, 3.8) is 0 Å². The highest BCUT2D eigenvalue weighted by Gasteiger charge is 2.10. The second kappa shape index (κ2) is 2.10. The summed E-state index contributed by atoms with van der Waals surface area (Å²) in [5, 5.41) is 6.87. The van der Waals surface area contributed by atoms with Crippen LogP contribution >= 0.6 is 0 Å². The lowest BCUT2D eigenvalue weighted by molar-refractivity contribution is 0.741. The Hall–Kier alpha value is -0.330. The van der Waals surface area contributed by atoms with Gasteiger partial charge in [0.05, 0.1) is 0 Å². The van der Waals surface area contributed by atoms with E-state index in [1.165, 1.54) is 25.7 Å². The molecule has 1 saturated carbocycles. The number of hydrogen-bond acceptors (Lipinski definition) is 1. The molecule has 1 aliphatic carbocycles. The van der Waals surface area contributed by atoms with Gasteiger partial charge in [-0.25, -0.2) is 0 Å².